The Morgan fingerprint density at radius 2 is 1.86 bits per heavy atom. The number of hydrogen-bond acceptors (Lipinski definition) is 6. The van der Waals surface area contributed by atoms with Crippen LogP contribution in [0.15, 0.2) is 42.6 Å². The van der Waals surface area contributed by atoms with Crippen LogP contribution in [0.2, 0.25) is 0 Å². The minimum Gasteiger partial charge on any atom is -0.442 e. The van der Waals surface area contributed by atoms with Gasteiger partial charge in [-0.2, -0.15) is 5.10 Å². The Hall–Kier alpha value is -3.26. The predicted molar refractivity (Wildman–Crippen MR) is 137 cm³/mol. The van der Waals surface area contributed by atoms with Crippen LogP contribution in [0.5, 0.6) is 0 Å². The molecule has 0 aliphatic carbocycles. The molecule has 1 aromatic carbocycles. The van der Waals surface area contributed by atoms with Gasteiger partial charge in [0.25, 0.3) is 0 Å². The summed E-state index contributed by atoms with van der Waals surface area (Å²) < 4.78 is 6.66. The standard InChI is InChI=1S/C27H35N5O3/c1-19(18-31-12-8-5-9-13-31)14-25(33)29-24-16-23(30-32(24)26(34)35-27(2,3)4)21-15-20-10-6-7-11-22(20)28-17-21/h6-7,10-11,15-17,19H,5,8-9,12-14,18H2,1-4H3,(H,29,33). The summed E-state index contributed by atoms with van der Waals surface area (Å²) in [5.41, 5.74) is 1.46. The second-order valence-electron chi connectivity index (χ2n) is 10.4. The Morgan fingerprint density at radius 1 is 1.11 bits per heavy atom. The number of piperidine rings is 1. The van der Waals surface area contributed by atoms with Gasteiger partial charge in [0.15, 0.2) is 0 Å². The third-order valence-corrected chi connectivity index (χ3v) is 5.98. The van der Waals surface area contributed by atoms with Gasteiger partial charge < -0.3 is 15.0 Å². The van der Waals surface area contributed by atoms with E-state index in [1.165, 1.54) is 19.3 Å². The van der Waals surface area contributed by atoms with Crippen molar-refractivity contribution in [1.82, 2.24) is 19.7 Å². The van der Waals surface area contributed by atoms with Crippen molar-refractivity contribution in [3.05, 3.63) is 42.6 Å². The fraction of sp³-hybridized carbons (Fsp3) is 0.481. The molecule has 8 heteroatoms. The van der Waals surface area contributed by atoms with Gasteiger partial charge in [-0.1, -0.05) is 31.5 Å². The van der Waals surface area contributed by atoms with Gasteiger partial charge in [0.1, 0.15) is 11.4 Å². The lowest BCUT2D eigenvalue weighted by molar-refractivity contribution is -0.117. The van der Waals surface area contributed by atoms with Crippen LogP contribution >= 0.6 is 0 Å². The van der Waals surface area contributed by atoms with Crippen molar-refractivity contribution in [2.24, 2.45) is 5.92 Å². The van der Waals surface area contributed by atoms with E-state index in [1.54, 1.807) is 33.0 Å². The minimum atomic E-state index is -0.696. The summed E-state index contributed by atoms with van der Waals surface area (Å²) in [5.74, 6) is 0.343. The number of para-hydroxylation sites is 1. The van der Waals surface area contributed by atoms with E-state index in [1.807, 2.05) is 30.3 Å². The van der Waals surface area contributed by atoms with Crippen molar-refractivity contribution in [2.45, 2.75) is 59.0 Å². The van der Waals surface area contributed by atoms with Crippen LogP contribution in [-0.2, 0) is 9.53 Å². The monoisotopic (exact) mass is 477 g/mol. The number of pyridine rings is 1. The molecule has 4 rings (SSSR count). The lowest BCUT2D eigenvalue weighted by Gasteiger charge is -2.28. The number of amides is 1. The van der Waals surface area contributed by atoms with Crippen LogP contribution in [0.3, 0.4) is 0 Å². The Morgan fingerprint density at radius 3 is 2.60 bits per heavy atom. The Labute approximate surface area is 206 Å². The first-order valence-corrected chi connectivity index (χ1v) is 12.4. The molecule has 186 valence electrons. The van der Waals surface area contributed by atoms with Crippen LogP contribution in [0.25, 0.3) is 22.2 Å². The maximum Gasteiger partial charge on any atom is 0.437 e. The number of aromatic nitrogens is 3. The van der Waals surface area contributed by atoms with Crippen molar-refractivity contribution in [1.29, 1.82) is 0 Å². The summed E-state index contributed by atoms with van der Waals surface area (Å²) in [5, 5.41) is 8.34. The quantitative estimate of drug-likeness (QED) is 0.516. The number of rotatable bonds is 6. The minimum absolute atomic E-state index is 0.151. The number of carbonyl (C=O) groups excluding carboxylic acids is 2. The zero-order valence-electron chi connectivity index (χ0n) is 21.1. The largest absolute Gasteiger partial charge is 0.442 e. The summed E-state index contributed by atoms with van der Waals surface area (Å²) in [6, 6.07) is 11.5. The molecule has 0 saturated carbocycles. The molecule has 0 spiro atoms. The number of nitrogens with one attached hydrogen (secondary N) is 1. The molecule has 3 heterocycles. The van der Waals surface area contributed by atoms with Crippen molar-refractivity contribution in [2.75, 3.05) is 25.0 Å². The zero-order valence-corrected chi connectivity index (χ0v) is 21.1. The first kappa shape index (κ1) is 24.9. The normalized spacial score (nSPS) is 15.7. The van der Waals surface area contributed by atoms with E-state index in [4.69, 9.17) is 4.74 Å². The van der Waals surface area contributed by atoms with Crippen LogP contribution in [0, 0.1) is 5.92 Å². The number of ether oxygens (including phenoxy) is 1. The molecule has 3 aromatic rings. The number of anilines is 1. The van der Waals surface area contributed by atoms with E-state index in [-0.39, 0.29) is 17.6 Å². The van der Waals surface area contributed by atoms with Gasteiger partial charge in [0.05, 0.1) is 11.2 Å². The molecule has 0 bridgehead atoms. The third-order valence-electron chi connectivity index (χ3n) is 5.98. The molecule has 1 saturated heterocycles. The molecule has 1 amide bonds. The van der Waals surface area contributed by atoms with E-state index in [9.17, 15) is 9.59 Å². The fourth-order valence-electron chi connectivity index (χ4n) is 4.42. The van der Waals surface area contributed by atoms with Crippen LogP contribution in [-0.4, -0.2) is 56.9 Å². The van der Waals surface area contributed by atoms with Gasteiger partial charge in [-0.25, -0.2) is 4.79 Å². The summed E-state index contributed by atoms with van der Waals surface area (Å²) in [6.07, 6.45) is 5.17. The lowest BCUT2D eigenvalue weighted by Crippen LogP contribution is -2.34. The summed E-state index contributed by atoms with van der Waals surface area (Å²) in [7, 11) is 0. The first-order chi connectivity index (χ1) is 16.7. The van der Waals surface area contributed by atoms with Gasteiger partial charge in [0, 0.05) is 36.2 Å². The van der Waals surface area contributed by atoms with E-state index >= 15 is 0 Å². The average molecular weight is 478 g/mol. The van der Waals surface area contributed by atoms with E-state index in [0.29, 0.717) is 12.1 Å². The molecule has 1 N–H and O–H groups in total. The molecule has 8 nitrogen and oxygen atoms in total. The van der Waals surface area contributed by atoms with E-state index < -0.39 is 11.7 Å². The Bertz CT molecular complexity index is 1190. The summed E-state index contributed by atoms with van der Waals surface area (Å²) in [6.45, 7) is 10.6. The summed E-state index contributed by atoms with van der Waals surface area (Å²) in [4.78, 5) is 32.7. The second kappa shape index (κ2) is 10.6. The molecule has 1 unspecified atom stereocenters. The number of benzene rings is 1. The van der Waals surface area contributed by atoms with Crippen LogP contribution in [0.1, 0.15) is 53.4 Å². The predicted octanol–water partition coefficient (Wildman–Crippen LogP) is 5.33. The molecule has 35 heavy (non-hydrogen) atoms. The number of likely N-dealkylation sites (tertiary alicyclic amines) is 1. The van der Waals surface area contributed by atoms with Crippen molar-refractivity contribution >= 4 is 28.7 Å². The molecule has 1 fully saturated rings. The van der Waals surface area contributed by atoms with Crippen LogP contribution in [0.4, 0.5) is 10.6 Å². The van der Waals surface area contributed by atoms with E-state index in [0.717, 1.165) is 40.8 Å². The van der Waals surface area contributed by atoms with Crippen molar-refractivity contribution < 1.29 is 14.3 Å². The van der Waals surface area contributed by atoms with Gasteiger partial charge in [-0.3, -0.25) is 9.78 Å². The first-order valence-electron chi connectivity index (χ1n) is 12.4. The topological polar surface area (TPSA) is 89.3 Å². The van der Waals surface area contributed by atoms with Gasteiger partial charge in [-0.15, -0.1) is 4.68 Å². The average Bonchev–Trinajstić information content (AvgIpc) is 3.22. The molecule has 2 aromatic heterocycles. The number of fused-ring (bicyclic) bond motifs is 1. The number of hydrogen-bond donors (Lipinski definition) is 1. The molecular formula is C27H35N5O3. The highest BCUT2D eigenvalue weighted by Crippen LogP contribution is 2.26. The summed E-state index contributed by atoms with van der Waals surface area (Å²) >= 11 is 0. The molecule has 1 aliphatic heterocycles. The van der Waals surface area contributed by atoms with Gasteiger partial charge in [-0.05, 0) is 64.8 Å². The molecule has 1 aliphatic rings. The number of nitrogens with zero attached hydrogens (tertiary/aromatic N) is 4. The van der Waals surface area contributed by atoms with Gasteiger partial charge >= 0.3 is 6.09 Å². The maximum atomic E-state index is 12.9. The Kier molecular flexibility index (Phi) is 7.50. The van der Waals surface area contributed by atoms with Crippen molar-refractivity contribution in [3.63, 3.8) is 0 Å². The van der Waals surface area contributed by atoms with Crippen molar-refractivity contribution in [3.8, 4) is 11.3 Å². The lowest BCUT2D eigenvalue weighted by atomic mass is 10.0. The fourth-order valence-corrected chi connectivity index (χ4v) is 4.42. The van der Waals surface area contributed by atoms with Crippen LogP contribution < -0.4 is 5.32 Å². The number of carbonyl (C=O) groups is 2. The third kappa shape index (κ3) is 6.66. The molecule has 0 radical (unpaired) electrons. The highest BCUT2D eigenvalue weighted by molar-refractivity contribution is 5.93. The molecule has 1 atom stereocenters. The SMILES string of the molecule is CC(CC(=O)Nc1cc(-c2cnc3ccccc3c2)nn1C(=O)OC(C)(C)C)CN1CCCCC1. The Balaban J connectivity index is 1.54. The maximum absolute atomic E-state index is 12.9. The van der Waals surface area contributed by atoms with E-state index in [2.05, 4.69) is 27.2 Å². The smallest absolute Gasteiger partial charge is 0.437 e. The van der Waals surface area contributed by atoms with Gasteiger partial charge in [0.2, 0.25) is 5.91 Å². The highest BCUT2D eigenvalue weighted by Gasteiger charge is 2.24. The second-order valence-corrected chi connectivity index (χ2v) is 10.4. The molecular weight excluding hydrogens is 442 g/mol. The highest BCUT2D eigenvalue weighted by atomic mass is 16.6. The zero-order chi connectivity index (χ0) is 25.0.